The van der Waals surface area contributed by atoms with Crippen molar-refractivity contribution in [1.29, 1.82) is 15.8 Å². The second kappa shape index (κ2) is 4.39. The van der Waals surface area contributed by atoms with Crippen molar-refractivity contribution in [2.75, 3.05) is 0 Å². The fraction of sp³-hybridized carbons (Fsp3) is 0. The molecule has 20 heavy (non-hydrogen) atoms. The molecule has 3 aromatic carbocycles. The topological polar surface area (TPSA) is 71.4 Å². The third-order valence-electron chi connectivity index (χ3n) is 3.38. The molecule has 0 aliphatic heterocycles. The molecular formula is C17H7N3. The second-order valence-electron chi connectivity index (χ2n) is 4.39. The summed E-state index contributed by atoms with van der Waals surface area (Å²) in [6, 6.07) is 19.0. The lowest BCUT2D eigenvalue weighted by atomic mass is 9.92. The molecule has 3 aromatic rings. The number of rotatable bonds is 0. The van der Waals surface area contributed by atoms with Gasteiger partial charge in [-0.25, -0.2) is 0 Å². The van der Waals surface area contributed by atoms with Crippen LogP contribution in [0.1, 0.15) is 16.7 Å². The Morgan fingerprint density at radius 2 is 1.20 bits per heavy atom. The van der Waals surface area contributed by atoms with Crippen LogP contribution in [-0.4, -0.2) is 0 Å². The molecule has 0 N–H and O–H groups in total. The summed E-state index contributed by atoms with van der Waals surface area (Å²) in [5.74, 6) is 0. The molecule has 3 nitrogen and oxygen atoms in total. The summed E-state index contributed by atoms with van der Waals surface area (Å²) in [6.07, 6.45) is 0. The Kier molecular flexibility index (Phi) is 2.58. The molecule has 0 radical (unpaired) electrons. The van der Waals surface area contributed by atoms with Gasteiger partial charge < -0.3 is 0 Å². The normalized spacial score (nSPS) is 9.85. The van der Waals surface area contributed by atoms with E-state index < -0.39 is 0 Å². The van der Waals surface area contributed by atoms with Crippen LogP contribution in [0.5, 0.6) is 0 Å². The number of hydrogen-bond donors (Lipinski definition) is 0. The van der Waals surface area contributed by atoms with Gasteiger partial charge in [0, 0.05) is 10.8 Å². The highest BCUT2D eigenvalue weighted by atomic mass is 14.3. The van der Waals surface area contributed by atoms with Gasteiger partial charge in [0.1, 0.15) is 12.1 Å². The summed E-state index contributed by atoms with van der Waals surface area (Å²) in [4.78, 5) is 0. The summed E-state index contributed by atoms with van der Waals surface area (Å²) in [6.45, 7) is 0. The van der Waals surface area contributed by atoms with Crippen LogP contribution in [-0.2, 0) is 0 Å². The third kappa shape index (κ3) is 1.50. The van der Waals surface area contributed by atoms with Crippen molar-refractivity contribution in [3.8, 4) is 18.2 Å². The van der Waals surface area contributed by atoms with Gasteiger partial charge in [-0.15, -0.1) is 0 Å². The number of hydrogen-bond acceptors (Lipinski definition) is 3. The molecule has 3 rings (SSSR count). The Balaban J connectivity index is 2.68. The van der Waals surface area contributed by atoms with Crippen molar-refractivity contribution in [1.82, 2.24) is 0 Å². The van der Waals surface area contributed by atoms with E-state index in [1.54, 1.807) is 18.2 Å². The Morgan fingerprint density at radius 3 is 1.80 bits per heavy atom. The van der Waals surface area contributed by atoms with E-state index in [4.69, 9.17) is 5.26 Å². The molecular weight excluding hydrogens is 246 g/mol. The highest BCUT2D eigenvalue weighted by molar-refractivity contribution is 6.12. The van der Waals surface area contributed by atoms with Crippen molar-refractivity contribution in [3.05, 3.63) is 59.2 Å². The number of nitriles is 3. The van der Waals surface area contributed by atoms with E-state index in [2.05, 4.69) is 18.2 Å². The van der Waals surface area contributed by atoms with E-state index in [1.165, 1.54) is 0 Å². The molecule has 0 saturated heterocycles. The summed E-state index contributed by atoms with van der Waals surface area (Å²) in [5.41, 5.74) is 1.29. The number of nitrogens with zero attached hydrogens (tertiary/aromatic N) is 3. The molecule has 0 amide bonds. The fourth-order valence-corrected chi connectivity index (χ4v) is 2.49. The predicted molar refractivity (Wildman–Crippen MR) is 75.6 cm³/mol. The molecule has 0 bridgehead atoms. The van der Waals surface area contributed by atoms with Crippen LogP contribution >= 0.6 is 0 Å². The first-order valence-electron chi connectivity index (χ1n) is 5.99. The summed E-state index contributed by atoms with van der Waals surface area (Å²) in [5, 5.41) is 30.9. The monoisotopic (exact) mass is 253 g/mol. The first-order valence-corrected chi connectivity index (χ1v) is 5.99. The smallest absolute Gasteiger partial charge is 0.101 e. The van der Waals surface area contributed by atoms with Gasteiger partial charge in [-0.1, -0.05) is 30.3 Å². The Hall–Kier alpha value is -3.35. The van der Waals surface area contributed by atoms with Crippen LogP contribution in [0, 0.1) is 34.0 Å². The second-order valence-corrected chi connectivity index (χ2v) is 4.39. The Morgan fingerprint density at radius 1 is 0.600 bits per heavy atom. The van der Waals surface area contributed by atoms with Gasteiger partial charge >= 0.3 is 0 Å². The molecule has 3 heteroatoms. The van der Waals surface area contributed by atoms with Crippen LogP contribution in [0.25, 0.3) is 21.5 Å². The molecule has 0 saturated carbocycles. The molecule has 0 atom stereocenters. The lowest BCUT2D eigenvalue weighted by molar-refractivity contribution is 1.46. The fourth-order valence-electron chi connectivity index (χ4n) is 2.49. The largest absolute Gasteiger partial charge is 0.192 e. The van der Waals surface area contributed by atoms with Crippen LogP contribution in [0.4, 0.5) is 0 Å². The van der Waals surface area contributed by atoms with Crippen LogP contribution < -0.4 is 0 Å². The molecule has 90 valence electrons. The maximum absolute atomic E-state index is 9.37. The van der Waals surface area contributed by atoms with E-state index in [9.17, 15) is 10.5 Å². The quantitative estimate of drug-likeness (QED) is 0.574. The van der Waals surface area contributed by atoms with E-state index in [1.807, 2.05) is 24.3 Å². The summed E-state index contributed by atoms with van der Waals surface area (Å²) in [7, 11) is 0. The van der Waals surface area contributed by atoms with Crippen LogP contribution in [0.3, 0.4) is 0 Å². The Bertz CT molecular complexity index is 979. The zero-order valence-corrected chi connectivity index (χ0v) is 10.4. The first-order chi connectivity index (χ1) is 9.80. The average Bonchev–Trinajstić information content (AvgIpc) is 2.52. The lowest BCUT2D eigenvalue weighted by Crippen LogP contribution is -1.91. The average molecular weight is 253 g/mol. The van der Waals surface area contributed by atoms with E-state index >= 15 is 0 Å². The van der Waals surface area contributed by atoms with Gasteiger partial charge in [-0.3, -0.25) is 0 Å². The Labute approximate surface area is 115 Å². The SMILES string of the molecule is N#Cc1ccc2c(C#N)c(C#N)c3ccccc3c2c1. The zero-order chi connectivity index (χ0) is 14.1. The molecule has 0 fully saturated rings. The minimum absolute atomic E-state index is 0.366. The van der Waals surface area contributed by atoms with Crippen molar-refractivity contribution in [2.45, 2.75) is 0 Å². The summed E-state index contributed by atoms with van der Waals surface area (Å²) >= 11 is 0. The maximum atomic E-state index is 9.37. The van der Waals surface area contributed by atoms with Gasteiger partial charge in [-0.05, 0) is 22.9 Å². The van der Waals surface area contributed by atoms with Crippen molar-refractivity contribution < 1.29 is 0 Å². The van der Waals surface area contributed by atoms with Crippen molar-refractivity contribution in [3.63, 3.8) is 0 Å². The van der Waals surface area contributed by atoms with E-state index in [0.29, 0.717) is 22.1 Å². The minimum atomic E-state index is 0.366. The van der Waals surface area contributed by atoms with Crippen molar-refractivity contribution in [2.24, 2.45) is 0 Å². The molecule has 0 heterocycles. The zero-order valence-electron chi connectivity index (χ0n) is 10.4. The molecule has 0 unspecified atom stereocenters. The van der Waals surface area contributed by atoms with Gasteiger partial charge in [0.15, 0.2) is 0 Å². The van der Waals surface area contributed by atoms with Gasteiger partial charge in [0.25, 0.3) is 0 Å². The van der Waals surface area contributed by atoms with E-state index in [0.717, 1.165) is 16.2 Å². The predicted octanol–water partition coefficient (Wildman–Crippen LogP) is 3.61. The molecule has 0 aliphatic carbocycles. The molecule has 0 spiro atoms. The minimum Gasteiger partial charge on any atom is -0.192 e. The van der Waals surface area contributed by atoms with Gasteiger partial charge in [0.05, 0.1) is 22.8 Å². The highest BCUT2D eigenvalue weighted by Crippen LogP contribution is 2.32. The molecule has 0 aliphatic rings. The standard InChI is InChI=1S/C17H7N3/c18-8-11-5-6-14-15(7-11)12-3-1-2-4-13(12)16(9-19)17(14)10-20/h1-7H. The van der Waals surface area contributed by atoms with Gasteiger partial charge in [0.2, 0.25) is 0 Å². The van der Waals surface area contributed by atoms with Crippen LogP contribution in [0.15, 0.2) is 42.5 Å². The van der Waals surface area contributed by atoms with Crippen molar-refractivity contribution >= 4 is 21.5 Å². The first kappa shape index (κ1) is 11.7. The number of benzene rings is 3. The lowest BCUT2D eigenvalue weighted by Gasteiger charge is -2.09. The maximum Gasteiger partial charge on any atom is 0.101 e. The number of fused-ring (bicyclic) bond motifs is 3. The van der Waals surface area contributed by atoms with E-state index in [-0.39, 0.29) is 0 Å². The van der Waals surface area contributed by atoms with Gasteiger partial charge in [-0.2, -0.15) is 15.8 Å². The summed E-state index contributed by atoms with van der Waals surface area (Å²) < 4.78 is 0. The van der Waals surface area contributed by atoms with Crippen LogP contribution in [0.2, 0.25) is 0 Å². The molecule has 0 aromatic heterocycles. The highest BCUT2D eigenvalue weighted by Gasteiger charge is 2.13. The third-order valence-corrected chi connectivity index (χ3v) is 3.38.